The summed E-state index contributed by atoms with van der Waals surface area (Å²) in [6, 6.07) is 11.3. The highest BCUT2D eigenvalue weighted by atomic mass is 79.9. The van der Waals surface area contributed by atoms with E-state index in [-0.39, 0.29) is 29.4 Å². The van der Waals surface area contributed by atoms with Crippen molar-refractivity contribution in [3.63, 3.8) is 0 Å². The van der Waals surface area contributed by atoms with Gasteiger partial charge in [0.25, 0.3) is 0 Å². The molecule has 0 saturated heterocycles. The van der Waals surface area contributed by atoms with Crippen molar-refractivity contribution >= 4 is 43.3 Å². The van der Waals surface area contributed by atoms with Gasteiger partial charge < -0.3 is 5.32 Å². The van der Waals surface area contributed by atoms with Gasteiger partial charge in [0.15, 0.2) is 5.78 Å². The third-order valence-electron chi connectivity index (χ3n) is 3.52. The molecule has 0 fully saturated rings. The van der Waals surface area contributed by atoms with E-state index in [4.69, 9.17) is 5.14 Å². The number of sulfonamides is 1. The van der Waals surface area contributed by atoms with Crippen LogP contribution >= 0.6 is 15.9 Å². The van der Waals surface area contributed by atoms with Crippen LogP contribution < -0.4 is 10.5 Å². The first-order valence-electron chi connectivity index (χ1n) is 7.39. The number of primary sulfonamides is 1. The maximum absolute atomic E-state index is 12.1. The fraction of sp³-hybridized carbons (Fsp3) is 0.176. The minimum atomic E-state index is -3.87. The number of carbonyl (C=O) groups excluding carboxylic acids is 2. The number of amides is 1. The van der Waals surface area contributed by atoms with Crippen molar-refractivity contribution in [3.8, 4) is 0 Å². The normalized spacial score (nSPS) is 11.2. The molecule has 1 amide bonds. The highest BCUT2D eigenvalue weighted by Crippen LogP contribution is 2.19. The fourth-order valence-corrected chi connectivity index (χ4v) is 3.29. The molecule has 0 aliphatic carbocycles. The molecule has 0 saturated carbocycles. The second-order valence-corrected chi connectivity index (χ2v) is 7.95. The van der Waals surface area contributed by atoms with Crippen LogP contribution in [-0.4, -0.2) is 20.1 Å². The van der Waals surface area contributed by atoms with Crippen LogP contribution in [0.3, 0.4) is 0 Å². The third kappa shape index (κ3) is 5.48. The zero-order valence-electron chi connectivity index (χ0n) is 13.5. The third-order valence-corrected chi connectivity index (χ3v) is 5.11. The van der Waals surface area contributed by atoms with E-state index >= 15 is 0 Å². The number of hydrogen-bond donors (Lipinski definition) is 2. The molecule has 0 aliphatic heterocycles. The molecular formula is C17H17BrN2O4S. The molecule has 0 aromatic heterocycles. The van der Waals surface area contributed by atoms with Crippen molar-refractivity contribution in [3.05, 3.63) is 58.1 Å². The average Bonchev–Trinajstić information content (AvgIpc) is 2.54. The number of halogens is 1. The molecule has 2 rings (SSSR count). The van der Waals surface area contributed by atoms with Crippen molar-refractivity contribution < 1.29 is 18.0 Å². The summed E-state index contributed by atoms with van der Waals surface area (Å²) >= 11 is 3.29. The number of aryl methyl sites for hydroxylation is 1. The predicted molar refractivity (Wildman–Crippen MR) is 98.9 cm³/mol. The van der Waals surface area contributed by atoms with Crippen molar-refractivity contribution in [1.29, 1.82) is 0 Å². The Hall–Kier alpha value is -2.03. The van der Waals surface area contributed by atoms with Gasteiger partial charge in [-0.2, -0.15) is 0 Å². The van der Waals surface area contributed by atoms with Crippen LogP contribution in [0.5, 0.6) is 0 Å². The predicted octanol–water partition coefficient (Wildman–Crippen LogP) is 3.01. The van der Waals surface area contributed by atoms with E-state index in [2.05, 4.69) is 21.2 Å². The van der Waals surface area contributed by atoms with Gasteiger partial charge in [-0.25, -0.2) is 13.6 Å². The second kappa shape index (κ2) is 7.90. The molecule has 2 aromatic rings. The number of hydrogen-bond acceptors (Lipinski definition) is 4. The van der Waals surface area contributed by atoms with Crippen LogP contribution in [-0.2, 0) is 14.8 Å². The van der Waals surface area contributed by atoms with Crippen LogP contribution in [0.1, 0.15) is 28.8 Å². The van der Waals surface area contributed by atoms with E-state index in [1.807, 2.05) is 0 Å². The van der Waals surface area contributed by atoms with Crippen LogP contribution in [0.25, 0.3) is 0 Å². The quantitative estimate of drug-likeness (QED) is 0.694. The molecule has 25 heavy (non-hydrogen) atoms. The first-order valence-corrected chi connectivity index (χ1v) is 9.73. The topological polar surface area (TPSA) is 106 Å². The molecular weight excluding hydrogens is 408 g/mol. The molecule has 0 aliphatic rings. The number of carbonyl (C=O) groups is 2. The van der Waals surface area contributed by atoms with Crippen molar-refractivity contribution in [2.45, 2.75) is 24.7 Å². The van der Waals surface area contributed by atoms with Crippen LogP contribution in [0, 0.1) is 6.92 Å². The van der Waals surface area contributed by atoms with E-state index in [9.17, 15) is 18.0 Å². The molecule has 0 radical (unpaired) electrons. The van der Waals surface area contributed by atoms with Crippen LogP contribution in [0.15, 0.2) is 51.8 Å². The number of nitrogens with one attached hydrogen (secondary N) is 1. The van der Waals surface area contributed by atoms with Gasteiger partial charge in [0.2, 0.25) is 15.9 Å². The summed E-state index contributed by atoms with van der Waals surface area (Å²) < 4.78 is 23.9. The number of nitrogens with two attached hydrogens (primary N) is 1. The lowest BCUT2D eigenvalue weighted by molar-refractivity contribution is -0.116. The highest BCUT2D eigenvalue weighted by molar-refractivity contribution is 9.10. The molecule has 0 spiro atoms. The monoisotopic (exact) mass is 424 g/mol. The van der Waals surface area contributed by atoms with E-state index in [0.717, 1.165) is 4.47 Å². The number of rotatable bonds is 6. The van der Waals surface area contributed by atoms with Crippen LogP contribution in [0.2, 0.25) is 0 Å². The molecule has 8 heteroatoms. The molecule has 0 bridgehead atoms. The zero-order valence-corrected chi connectivity index (χ0v) is 15.9. The molecule has 3 N–H and O–H groups in total. The summed E-state index contributed by atoms with van der Waals surface area (Å²) in [6.45, 7) is 1.61. The smallest absolute Gasteiger partial charge is 0.238 e. The Labute approximate surface area is 154 Å². The lowest BCUT2D eigenvalue weighted by atomic mass is 10.1. The second-order valence-electron chi connectivity index (χ2n) is 5.50. The Balaban J connectivity index is 1.99. The first kappa shape index (κ1) is 19.3. The number of benzene rings is 2. The van der Waals surface area contributed by atoms with E-state index in [0.29, 0.717) is 16.8 Å². The average molecular weight is 425 g/mol. The largest absolute Gasteiger partial charge is 0.326 e. The fourth-order valence-electron chi connectivity index (χ4n) is 2.22. The van der Waals surface area contributed by atoms with Crippen LogP contribution in [0.4, 0.5) is 5.69 Å². The Bertz CT molecular complexity index is 909. The summed E-state index contributed by atoms with van der Waals surface area (Å²) in [4.78, 5) is 24.0. The van der Waals surface area contributed by atoms with Gasteiger partial charge >= 0.3 is 0 Å². The zero-order chi connectivity index (χ0) is 18.6. The minimum absolute atomic E-state index is 0.00647. The van der Waals surface area contributed by atoms with E-state index in [1.54, 1.807) is 43.3 Å². The Morgan fingerprint density at radius 3 is 2.32 bits per heavy atom. The first-order chi connectivity index (χ1) is 11.7. The van der Waals surface area contributed by atoms with Crippen molar-refractivity contribution in [2.75, 3.05) is 5.32 Å². The van der Waals surface area contributed by atoms with Gasteiger partial charge in [-0.05, 0) is 36.8 Å². The molecule has 2 aromatic carbocycles. The standard InChI is InChI=1S/C17H17BrN2O4S/c1-11-2-7-14(10-16(11)25(19,23)24)20-17(22)9-8-15(21)12-3-5-13(18)6-4-12/h2-7,10H,8-9H2,1H3,(H,20,22)(H2,19,23,24). The van der Waals surface area contributed by atoms with Gasteiger partial charge in [-0.3, -0.25) is 9.59 Å². The molecule has 0 unspecified atom stereocenters. The highest BCUT2D eigenvalue weighted by Gasteiger charge is 2.14. The van der Waals surface area contributed by atoms with Crippen molar-refractivity contribution in [2.24, 2.45) is 5.14 Å². The van der Waals surface area contributed by atoms with Crippen molar-refractivity contribution in [1.82, 2.24) is 0 Å². The summed E-state index contributed by atoms with van der Waals surface area (Å²) in [5.41, 5.74) is 1.34. The maximum atomic E-state index is 12.1. The van der Waals surface area contributed by atoms with Gasteiger partial charge in [0.1, 0.15) is 0 Å². The SMILES string of the molecule is Cc1ccc(NC(=O)CCC(=O)c2ccc(Br)cc2)cc1S(N)(=O)=O. The lowest BCUT2D eigenvalue weighted by Crippen LogP contribution is -2.16. The number of anilines is 1. The Kier molecular flexibility index (Phi) is 6.10. The maximum Gasteiger partial charge on any atom is 0.238 e. The van der Waals surface area contributed by atoms with Gasteiger partial charge in [-0.15, -0.1) is 0 Å². The van der Waals surface area contributed by atoms with E-state index < -0.39 is 10.0 Å². The minimum Gasteiger partial charge on any atom is -0.326 e. The Morgan fingerprint density at radius 2 is 1.72 bits per heavy atom. The summed E-state index contributed by atoms with van der Waals surface area (Å²) in [5, 5.41) is 7.72. The molecule has 0 heterocycles. The summed E-state index contributed by atoms with van der Waals surface area (Å²) in [7, 11) is -3.87. The van der Waals surface area contributed by atoms with Gasteiger partial charge in [0, 0.05) is 28.6 Å². The molecule has 6 nitrogen and oxygen atoms in total. The molecule has 132 valence electrons. The summed E-state index contributed by atoms with van der Waals surface area (Å²) in [6.07, 6.45) is 0.0505. The Morgan fingerprint density at radius 1 is 1.08 bits per heavy atom. The van der Waals surface area contributed by atoms with E-state index in [1.165, 1.54) is 6.07 Å². The number of ketones is 1. The van der Waals surface area contributed by atoms with Gasteiger partial charge in [-0.1, -0.05) is 34.1 Å². The molecule has 0 atom stereocenters. The lowest BCUT2D eigenvalue weighted by Gasteiger charge is -2.09. The summed E-state index contributed by atoms with van der Waals surface area (Å²) in [5.74, 6) is -0.522. The van der Waals surface area contributed by atoms with Gasteiger partial charge in [0.05, 0.1) is 4.90 Å². The number of Topliss-reactive ketones (excluding diaryl/α,β-unsaturated/α-hetero) is 1.